The van der Waals surface area contributed by atoms with Gasteiger partial charge in [0.25, 0.3) is 0 Å². The van der Waals surface area contributed by atoms with E-state index >= 15 is 0 Å². The molecule has 0 atom stereocenters. The molecule has 0 fully saturated rings. The Morgan fingerprint density at radius 2 is 1.21 bits per heavy atom. The molecule has 0 rings (SSSR count). The van der Waals surface area contributed by atoms with Gasteiger partial charge >= 0.3 is 0 Å². The van der Waals surface area contributed by atoms with Crippen molar-refractivity contribution < 1.29 is 0 Å². The first-order chi connectivity index (χ1) is 8.29. The molecule has 0 spiro atoms. The first kappa shape index (κ1) is 19.6. The zero-order chi connectivity index (χ0) is 15.5. The van der Waals surface area contributed by atoms with Crippen LogP contribution in [0.3, 0.4) is 0 Å². The van der Waals surface area contributed by atoms with Gasteiger partial charge in [-0.3, -0.25) is 0 Å². The van der Waals surface area contributed by atoms with E-state index in [1.807, 2.05) is 21.6 Å². The predicted octanol–water partition coefficient (Wildman–Crippen LogP) is 4.28. The molecule has 4 heteroatoms. The number of hydrogen-bond acceptors (Lipinski definition) is 4. The van der Waals surface area contributed by atoms with Crippen LogP contribution in [-0.2, 0) is 0 Å². The highest BCUT2D eigenvalue weighted by molar-refractivity contribution is 8.77. The molecule has 0 aromatic carbocycles. The summed E-state index contributed by atoms with van der Waals surface area (Å²) in [4.78, 5) is 0. The molecule has 2 nitrogen and oxygen atoms in total. The minimum Gasteiger partial charge on any atom is -0.330 e. The van der Waals surface area contributed by atoms with Crippen molar-refractivity contribution in [3.05, 3.63) is 0 Å². The first-order valence-corrected chi connectivity index (χ1v) is 9.21. The molecule has 0 bridgehead atoms. The van der Waals surface area contributed by atoms with Crippen LogP contribution in [0.15, 0.2) is 0 Å². The highest BCUT2D eigenvalue weighted by atomic mass is 33.1. The monoisotopic (exact) mass is 306 g/mol. The number of hydrogen-bond donors (Lipinski definition) is 2. The Bertz CT molecular complexity index is 284. The lowest BCUT2D eigenvalue weighted by atomic mass is 9.80. The van der Waals surface area contributed by atoms with Gasteiger partial charge < -0.3 is 11.5 Å². The standard InChI is InChI=1S/C15H34N2S2/c1-12(2,10-16)9-14(5,6)18-19-15(7,8)13(3,4)11-17/h9-11,16-17H2,1-8H3. The second kappa shape index (κ2) is 6.59. The molecule has 0 aromatic heterocycles. The van der Waals surface area contributed by atoms with Gasteiger partial charge in [-0.2, -0.15) is 0 Å². The first-order valence-electron chi connectivity index (χ1n) is 7.06. The zero-order valence-electron chi connectivity index (χ0n) is 14.1. The van der Waals surface area contributed by atoms with Gasteiger partial charge in [0.2, 0.25) is 0 Å². The van der Waals surface area contributed by atoms with E-state index in [-0.39, 0.29) is 20.3 Å². The van der Waals surface area contributed by atoms with Crippen LogP contribution >= 0.6 is 21.6 Å². The second-order valence-corrected chi connectivity index (χ2v) is 11.5. The molecule has 0 heterocycles. The fourth-order valence-electron chi connectivity index (χ4n) is 1.83. The van der Waals surface area contributed by atoms with E-state index < -0.39 is 0 Å². The van der Waals surface area contributed by atoms with Crippen LogP contribution in [-0.4, -0.2) is 22.6 Å². The molecule has 0 aliphatic carbocycles. The minimum absolute atomic E-state index is 0.129. The zero-order valence-corrected chi connectivity index (χ0v) is 15.7. The lowest BCUT2D eigenvalue weighted by Crippen LogP contribution is -2.42. The fraction of sp³-hybridized carbons (Fsp3) is 1.00. The molecular formula is C15H34N2S2. The molecule has 0 aliphatic heterocycles. The van der Waals surface area contributed by atoms with E-state index in [1.54, 1.807) is 0 Å². The van der Waals surface area contributed by atoms with Gasteiger partial charge in [-0.1, -0.05) is 49.3 Å². The van der Waals surface area contributed by atoms with Crippen LogP contribution in [0.2, 0.25) is 0 Å². The quantitative estimate of drug-likeness (QED) is 0.657. The Morgan fingerprint density at radius 3 is 1.58 bits per heavy atom. The van der Waals surface area contributed by atoms with Crippen LogP contribution < -0.4 is 11.5 Å². The lowest BCUT2D eigenvalue weighted by molar-refractivity contribution is 0.296. The highest BCUT2D eigenvalue weighted by Gasteiger charge is 2.39. The average Bonchev–Trinajstić information content (AvgIpc) is 2.25. The van der Waals surface area contributed by atoms with E-state index in [1.165, 1.54) is 0 Å². The van der Waals surface area contributed by atoms with Gasteiger partial charge in [-0.15, -0.1) is 0 Å². The van der Waals surface area contributed by atoms with Gasteiger partial charge in [-0.25, -0.2) is 0 Å². The maximum atomic E-state index is 5.92. The van der Waals surface area contributed by atoms with Crippen LogP contribution in [0.25, 0.3) is 0 Å². The molecule has 0 unspecified atom stereocenters. The van der Waals surface area contributed by atoms with Crippen LogP contribution in [0.5, 0.6) is 0 Å². The Balaban J connectivity index is 4.63. The third kappa shape index (κ3) is 6.28. The lowest BCUT2D eigenvalue weighted by Gasteiger charge is -2.42. The summed E-state index contributed by atoms with van der Waals surface area (Å²) in [7, 11) is 3.94. The van der Waals surface area contributed by atoms with Crippen LogP contribution in [0.4, 0.5) is 0 Å². The van der Waals surface area contributed by atoms with Crippen molar-refractivity contribution in [2.24, 2.45) is 22.3 Å². The average molecular weight is 307 g/mol. The summed E-state index contributed by atoms with van der Waals surface area (Å²) in [5.41, 5.74) is 12.1. The predicted molar refractivity (Wildman–Crippen MR) is 93.6 cm³/mol. The molecule has 0 radical (unpaired) electrons. The number of nitrogens with two attached hydrogens (primary N) is 2. The Kier molecular flexibility index (Phi) is 6.80. The molecule has 116 valence electrons. The molecule has 0 saturated heterocycles. The minimum atomic E-state index is 0.129. The molecule has 0 saturated carbocycles. The molecule has 0 aliphatic rings. The largest absolute Gasteiger partial charge is 0.330 e. The SMILES string of the molecule is CC(C)(CN)CC(C)(C)SSC(C)(C)C(C)(C)CN. The van der Waals surface area contributed by atoms with Crippen molar-refractivity contribution in [2.75, 3.05) is 13.1 Å². The van der Waals surface area contributed by atoms with Gasteiger partial charge in [0, 0.05) is 9.49 Å². The summed E-state index contributed by atoms with van der Waals surface area (Å²) in [6, 6.07) is 0. The summed E-state index contributed by atoms with van der Waals surface area (Å²) >= 11 is 0. The van der Waals surface area contributed by atoms with Gasteiger partial charge in [-0.05, 0) is 58.0 Å². The summed E-state index contributed by atoms with van der Waals surface area (Å²) < 4.78 is 0.367. The van der Waals surface area contributed by atoms with Crippen molar-refractivity contribution in [1.82, 2.24) is 0 Å². The van der Waals surface area contributed by atoms with Gasteiger partial charge in [0.15, 0.2) is 0 Å². The Hall–Kier alpha value is 0.620. The van der Waals surface area contributed by atoms with E-state index in [2.05, 4.69) is 55.4 Å². The summed E-state index contributed by atoms with van der Waals surface area (Å²) in [5, 5.41) is 0. The van der Waals surface area contributed by atoms with Crippen LogP contribution in [0.1, 0.15) is 61.8 Å². The van der Waals surface area contributed by atoms with Gasteiger partial charge in [0.1, 0.15) is 0 Å². The van der Waals surface area contributed by atoms with Crippen molar-refractivity contribution >= 4 is 21.6 Å². The topological polar surface area (TPSA) is 52.0 Å². The van der Waals surface area contributed by atoms with E-state index in [0.29, 0.717) is 6.54 Å². The Morgan fingerprint density at radius 1 is 0.737 bits per heavy atom. The smallest absolute Gasteiger partial charge is 0.0270 e. The fourth-order valence-corrected chi connectivity index (χ4v) is 5.18. The molecule has 0 amide bonds. The molecule has 0 aromatic rings. The maximum absolute atomic E-state index is 5.92. The summed E-state index contributed by atoms with van der Waals surface area (Å²) in [6.45, 7) is 19.6. The maximum Gasteiger partial charge on any atom is 0.0270 e. The van der Waals surface area contributed by atoms with E-state index in [0.717, 1.165) is 13.0 Å². The third-order valence-electron chi connectivity index (χ3n) is 4.07. The van der Waals surface area contributed by atoms with Crippen LogP contribution in [0, 0.1) is 10.8 Å². The van der Waals surface area contributed by atoms with Gasteiger partial charge in [0.05, 0.1) is 0 Å². The van der Waals surface area contributed by atoms with Crippen molar-refractivity contribution in [1.29, 1.82) is 0 Å². The molecular weight excluding hydrogens is 272 g/mol. The normalized spacial score (nSPS) is 14.8. The highest BCUT2D eigenvalue weighted by Crippen LogP contribution is 2.52. The Labute approximate surface area is 128 Å². The second-order valence-electron chi connectivity index (χ2n) is 8.07. The summed E-state index contributed by atoms with van der Waals surface area (Å²) in [5.74, 6) is 0. The molecule has 4 N–H and O–H groups in total. The molecule has 19 heavy (non-hydrogen) atoms. The van der Waals surface area contributed by atoms with E-state index in [9.17, 15) is 0 Å². The third-order valence-corrected chi connectivity index (χ3v) is 8.57. The van der Waals surface area contributed by atoms with Crippen molar-refractivity contribution in [3.63, 3.8) is 0 Å². The summed E-state index contributed by atoms with van der Waals surface area (Å²) in [6.07, 6.45) is 1.12. The van der Waals surface area contributed by atoms with Crippen molar-refractivity contribution in [3.8, 4) is 0 Å². The number of rotatable bonds is 8. The van der Waals surface area contributed by atoms with E-state index in [4.69, 9.17) is 11.5 Å². The van der Waals surface area contributed by atoms with Crippen molar-refractivity contribution in [2.45, 2.75) is 71.3 Å².